The minimum Gasteiger partial charge on any atom is -0.297 e. The third-order valence-corrected chi connectivity index (χ3v) is 3.82. The Hall–Kier alpha value is 0.110. The van der Waals surface area contributed by atoms with Gasteiger partial charge in [-0.1, -0.05) is 6.92 Å². The molecule has 0 aliphatic carbocycles. The second-order valence-electron chi connectivity index (χ2n) is 2.87. The predicted molar refractivity (Wildman–Crippen MR) is 47.0 cm³/mol. The fourth-order valence-electron chi connectivity index (χ4n) is 1.10. The third-order valence-electron chi connectivity index (χ3n) is 1.76. The molecule has 0 saturated carbocycles. The van der Waals surface area contributed by atoms with Crippen molar-refractivity contribution in [3.63, 3.8) is 0 Å². The lowest BCUT2D eigenvalue weighted by atomic mass is 10.5. The second-order valence-corrected chi connectivity index (χ2v) is 5.01. The van der Waals surface area contributed by atoms with Crippen molar-refractivity contribution in [2.45, 2.75) is 19.8 Å². The highest BCUT2D eigenvalue weighted by Crippen LogP contribution is 2.52. The van der Waals surface area contributed by atoms with Gasteiger partial charge in [0.25, 0.3) is 0 Å². The van der Waals surface area contributed by atoms with E-state index in [0.29, 0.717) is 13.2 Å². The molecule has 0 N–H and O–H groups in total. The first-order valence-corrected chi connectivity index (χ1v) is 5.79. The zero-order valence-electron chi connectivity index (χ0n) is 7.65. The van der Waals surface area contributed by atoms with E-state index in [2.05, 4.69) is 0 Å². The van der Waals surface area contributed by atoms with Gasteiger partial charge in [0.15, 0.2) is 0 Å². The maximum atomic E-state index is 11.8. The average Bonchev–Trinajstić information content (AvgIpc) is 2.06. The van der Waals surface area contributed by atoms with E-state index in [9.17, 15) is 4.57 Å². The molecule has 0 spiro atoms. The van der Waals surface area contributed by atoms with Gasteiger partial charge in [-0.3, -0.25) is 9.05 Å². The van der Waals surface area contributed by atoms with Crippen LogP contribution in [-0.4, -0.2) is 31.5 Å². The van der Waals surface area contributed by atoms with Gasteiger partial charge in [-0.25, -0.2) is 9.24 Å². The Morgan fingerprint density at radius 1 is 1.42 bits per heavy atom. The standard InChI is InChI=1S/C7H16NO3P/c1-3-5-8(2)12(9)10-6-4-7-11-12/h3-7H2,1-2H3. The van der Waals surface area contributed by atoms with E-state index >= 15 is 0 Å². The van der Waals surface area contributed by atoms with E-state index in [4.69, 9.17) is 9.05 Å². The lowest BCUT2D eigenvalue weighted by Crippen LogP contribution is -2.23. The Bertz CT molecular complexity index is 175. The van der Waals surface area contributed by atoms with Crippen LogP contribution in [0.3, 0.4) is 0 Å². The summed E-state index contributed by atoms with van der Waals surface area (Å²) in [6.07, 6.45) is 1.79. The summed E-state index contributed by atoms with van der Waals surface area (Å²) in [5.74, 6) is 0. The minimum atomic E-state index is -2.89. The summed E-state index contributed by atoms with van der Waals surface area (Å²) in [4.78, 5) is 0. The fraction of sp³-hybridized carbons (Fsp3) is 1.00. The molecular formula is C7H16NO3P. The van der Waals surface area contributed by atoms with Crippen LogP contribution in [0.1, 0.15) is 19.8 Å². The van der Waals surface area contributed by atoms with Crippen LogP contribution in [0.25, 0.3) is 0 Å². The smallest absolute Gasteiger partial charge is 0.297 e. The molecule has 1 fully saturated rings. The molecule has 0 amide bonds. The minimum absolute atomic E-state index is 0.547. The van der Waals surface area contributed by atoms with Crippen LogP contribution in [0, 0.1) is 0 Å². The molecule has 1 heterocycles. The number of rotatable bonds is 3. The zero-order chi connectivity index (χ0) is 9.03. The van der Waals surface area contributed by atoms with Gasteiger partial charge >= 0.3 is 7.75 Å². The first-order valence-electron chi connectivity index (χ1n) is 4.30. The number of nitrogens with zero attached hydrogens (tertiary/aromatic N) is 1. The molecule has 1 aliphatic heterocycles. The summed E-state index contributed by atoms with van der Waals surface area (Å²) >= 11 is 0. The molecule has 0 aromatic rings. The zero-order valence-corrected chi connectivity index (χ0v) is 8.55. The molecule has 0 radical (unpaired) electrons. The number of hydrogen-bond acceptors (Lipinski definition) is 3. The lowest BCUT2D eigenvalue weighted by molar-refractivity contribution is 0.115. The van der Waals surface area contributed by atoms with Crippen LogP contribution in [0.5, 0.6) is 0 Å². The summed E-state index contributed by atoms with van der Waals surface area (Å²) in [5, 5.41) is 0. The molecule has 72 valence electrons. The van der Waals surface area contributed by atoms with Gasteiger partial charge in [-0.05, 0) is 19.9 Å². The van der Waals surface area contributed by atoms with Crippen molar-refractivity contribution in [2.75, 3.05) is 26.8 Å². The number of hydrogen-bond donors (Lipinski definition) is 0. The predicted octanol–water partition coefficient (Wildman–Crippen LogP) is 1.87. The topological polar surface area (TPSA) is 38.8 Å². The quantitative estimate of drug-likeness (QED) is 0.641. The Morgan fingerprint density at radius 3 is 2.50 bits per heavy atom. The second kappa shape index (κ2) is 4.38. The molecule has 0 unspecified atom stereocenters. The van der Waals surface area contributed by atoms with Crippen molar-refractivity contribution in [2.24, 2.45) is 0 Å². The monoisotopic (exact) mass is 193 g/mol. The highest BCUT2D eigenvalue weighted by molar-refractivity contribution is 7.51. The van der Waals surface area contributed by atoms with Crippen LogP contribution in [0.15, 0.2) is 0 Å². The summed E-state index contributed by atoms with van der Waals surface area (Å²) in [6.45, 7) is 3.88. The molecule has 0 bridgehead atoms. The van der Waals surface area contributed by atoms with E-state index in [1.165, 1.54) is 0 Å². The molecule has 12 heavy (non-hydrogen) atoms. The Morgan fingerprint density at radius 2 is 2.00 bits per heavy atom. The van der Waals surface area contributed by atoms with E-state index < -0.39 is 7.75 Å². The summed E-state index contributed by atoms with van der Waals surface area (Å²) in [5.41, 5.74) is 0. The van der Waals surface area contributed by atoms with Crippen LogP contribution in [0.4, 0.5) is 0 Å². The molecule has 0 aromatic carbocycles. The maximum absolute atomic E-state index is 11.8. The fourth-order valence-corrected chi connectivity index (χ4v) is 2.73. The van der Waals surface area contributed by atoms with Crippen LogP contribution < -0.4 is 0 Å². The van der Waals surface area contributed by atoms with Crippen LogP contribution in [-0.2, 0) is 13.6 Å². The first-order chi connectivity index (χ1) is 5.69. The van der Waals surface area contributed by atoms with E-state index in [1.54, 1.807) is 11.7 Å². The normalized spacial score (nSPS) is 22.9. The highest BCUT2D eigenvalue weighted by atomic mass is 31.2. The first kappa shape index (κ1) is 10.2. The van der Waals surface area contributed by atoms with Gasteiger partial charge in [0.05, 0.1) is 13.2 Å². The Labute approximate surface area is 73.4 Å². The van der Waals surface area contributed by atoms with Gasteiger partial charge < -0.3 is 0 Å². The molecule has 1 saturated heterocycles. The maximum Gasteiger partial charge on any atom is 0.407 e. The SMILES string of the molecule is CCCN(C)P1(=O)OCCCO1. The van der Waals surface area contributed by atoms with Crippen molar-refractivity contribution >= 4 is 7.75 Å². The van der Waals surface area contributed by atoms with Crippen LogP contribution in [0.2, 0.25) is 0 Å². The Balaban J connectivity index is 2.50. The summed E-state index contributed by atoms with van der Waals surface area (Å²) in [6, 6.07) is 0. The molecule has 0 aromatic heterocycles. The van der Waals surface area contributed by atoms with E-state index in [0.717, 1.165) is 19.4 Å². The van der Waals surface area contributed by atoms with E-state index in [1.807, 2.05) is 6.92 Å². The molecule has 5 heteroatoms. The summed E-state index contributed by atoms with van der Waals surface area (Å²) in [7, 11) is -1.11. The van der Waals surface area contributed by atoms with Crippen molar-refractivity contribution in [3.05, 3.63) is 0 Å². The molecule has 4 nitrogen and oxygen atoms in total. The van der Waals surface area contributed by atoms with Crippen molar-refractivity contribution in [3.8, 4) is 0 Å². The van der Waals surface area contributed by atoms with Crippen molar-refractivity contribution in [1.82, 2.24) is 4.67 Å². The van der Waals surface area contributed by atoms with Gasteiger partial charge in [0, 0.05) is 6.54 Å². The van der Waals surface area contributed by atoms with Gasteiger partial charge in [0.1, 0.15) is 0 Å². The lowest BCUT2D eigenvalue weighted by Gasteiger charge is -2.29. The van der Waals surface area contributed by atoms with Gasteiger partial charge in [0.2, 0.25) is 0 Å². The Kier molecular flexibility index (Phi) is 3.72. The molecule has 1 aliphatic rings. The van der Waals surface area contributed by atoms with E-state index in [-0.39, 0.29) is 0 Å². The van der Waals surface area contributed by atoms with Gasteiger partial charge in [-0.2, -0.15) is 0 Å². The molecule has 1 rings (SSSR count). The van der Waals surface area contributed by atoms with Crippen molar-refractivity contribution < 1.29 is 13.6 Å². The average molecular weight is 193 g/mol. The molecular weight excluding hydrogens is 177 g/mol. The summed E-state index contributed by atoms with van der Waals surface area (Å²) < 4.78 is 23.8. The highest BCUT2D eigenvalue weighted by Gasteiger charge is 2.32. The van der Waals surface area contributed by atoms with Crippen LogP contribution >= 0.6 is 7.75 Å². The third kappa shape index (κ3) is 2.30. The van der Waals surface area contributed by atoms with Gasteiger partial charge in [-0.15, -0.1) is 0 Å². The molecule has 0 atom stereocenters. The van der Waals surface area contributed by atoms with Crippen molar-refractivity contribution in [1.29, 1.82) is 0 Å². The largest absolute Gasteiger partial charge is 0.407 e.